The molecule has 0 spiro atoms. The summed E-state index contributed by atoms with van der Waals surface area (Å²) in [7, 11) is 1.70. The van der Waals surface area contributed by atoms with E-state index in [1.807, 2.05) is 11.0 Å². The highest BCUT2D eigenvalue weighted by molar-refractivity contribution is 5.97. The molecule has 0 saturated carbocycles. The summed E-state index contributed by atoms with van der Waals surface area (Å²) in [6, 6.07) is 4.13. The maximum Gasteiger partial charge on any atom is 0.227 e. The van der Waals surface area contributed by atoms with Gasteiger partial charge in [0.15, 0.2) is 0 Å². The Morgan fingerprint density at radius 3 is 2.94 bits per heavy atom. The van der Waals surface area contributed by atoms with Crippen molar-refractivity contribution in [3.05, 3.63) is 23.3 Å². The minimum atomic E-state index is 0.269. The number of carbonyl (C=O) groups is 1. The molecule has 0 radical (unpaired) electrons. The van der Waals surface area contributed by atoms with Gasteiger partial charge in [-0.1, -0.05) is 6.07 Å². The standard InChI is InChI=1S/C13H15NO2/c1-16-11-6-5-9-7-8-14-12(15)4-2-3-10(11)13(9)14/h5-6H,2-4,7-8H2,1H3. The van der Waals surface area contributed by atoms with Gasteiger partial charge in [-0.2, -0.15) is 0 Å². The summed E-state index contributed by atoms with van der Waals surface area (Å²) in [4.78, 5) is 13.9. The van der Waals surface area contributed by atoms with Crippen molar-refractivity contribution >= 4 is 11.6 Å². The number of amides is 1. The van der Waals surface area contributed by atoms with E-state index in [0.29, 0.717) is 6.42 Å². The van der Waals surface area contributed by atoms with Crippen molar-refractivity contribution in [1.29, 1.82) is 0 Å². The molecular formula is C13H15NO2. The van der Waals surface area contributed by atoms with E-state index in [9.17, 15) is 4.79 Å². The Balaban J connectivity index is 2.21. The van der Waals surface area contributed by atoms with Gasteiger partial charge in [0.25, 0.3) is 0 Å². The molecule has 2 heterocycles. The molecule has 2 aliphatic rings. The minimum Gasteiger partial charge on any atom is -0.496 e. The maximum absolute atomic E-state index is 11.9. The second-order valence-corrected chi connectivity index (χ2v) is 4.40. The number of nitrogens with zero attached hydrogens (tertiary/aromatic N) is 1. The molecule has 0 aliphatic carbocycles. The van der Waals surface area contributed by atoms with E-state index in [4.69, 9.17) is 4.74 Å². The van der Waals surface area contributed by atoms with Crippen LogP contribution in [0.3, 0.4) is 0 Å². The monoisotopic (exact) mass is 217 g/mol. The zero-order valence-electron chi connectivity index (χ0n) is 9.45. The number of hydrogen-bond donors (Lipinski definition) is 0. The lowest BCUT2D eigenvalue weighted by Gasteiger charge is -2.18. The van der Waals surface area contributed by atoms with Crippen molar-refractivity contribution in [1.82, 2.24) is 0 Å². The third-order valence-electron chi connectivity index (χ3n) is 3.54. The third kappa shape index (κ3) is 1.24. The van der Waals surface area contributed by atoms with Crippen LogP contribution in [0.25, 0.3) is 0 Å². The Hall–Kier alpha value is -1.51. The van der Waals surface area contributed by atoms with E-state index in [0.717, 1.165) is 37.2 Å². The summed E-state index contributed by atoms with van der Waals surface area (Å²) < 4.78 is 5.40. The fourth-order valence-electron chi connectivity index (χ4n) is 2.78. The average Bonchev–Trinajstić information content (AvgIpc) is 2.65. The number of benzene rings is 1. The first kappa shape index (κ1) is 9.70. The molecule has 0 aromatic heterocycles. The van der Waals surface area contributed by atoms with Gasteiger partial charge in [0, 0.05) is 18.5 Å². The van der Waals surface area contributed by atoms with Crippen molar-refractivity contribution in [3.63, 3.8) is 0 Å². The van der Waals surface area contributed by atoms with Gasteiger partial charge in [-0.25, -0.2) is 0 Å². The fourth-order valence-corrected chi connectivity index (χ4v) is 2.78. The molecule has 0 N–H and O–H groups in total. The second kappa shape index (κ2) is 3.51. The third-order valence-corrected chi connectivity index (χ3v) is 3.54. The predicted octanol–water partition coefficient (Wildman–Crippen LogP) is 1.92. The van der Waals surface area contributed by atoms with Crippen LogP contribution in [-0.4, -0.2) is 19.6 Å². The lowest BCUT2D eigenvalue weighted by atomic mass is 10.0. The van der Waals surface area contributed by atoms with E-state index < -0.39 is 0 Å². The van der Waals surface area contributed by atoms with Crippen LogP contribution in [0.2, 0.25) is 0 Å². The largest absolute Gasteiger partial charge is 0.496 e. The number of hydrogen-bond acceptors (Lipinski definition) is 2. The predicted molar refractivity (Wildman–Crippen MR) is 62.0 cm³/mol. The molecule has 16 heavy (non-hydrogen) atoms. The Morgan fingerprint density at radius 2 is 2.12 bits per heavy atom. The van der Waals surface area contributed by atoms with Gasteiger partial charge in [0.2, 0.25) is 5.91 Å². The molecule has 0 saturated heterocycles. The van der Waals surface area contributed by atoms with E-state index >= 15 is 0 Å². The van der Waals surface area contributed by atoms with Crippen LogP contribution in [0.5, 0.6) is 5.75 Å². The van der Waals surface area contributed by atoms with Gasteiger partial charge < -0.3 is 9.64 Å². The van der Waals surface area contributed by atoms with Gasteiger partial charge in [-0.15, -0.1) is 0 Å². The second-order valence-electron chi connectivity index (χ2n) is 4.40. The molecular weight excluding hydrogens is 202 g/mol. The molecule has 0 fully saturated rings. The molecule has 1 aromatic rings. The number of rotatable bonds is 1. The van der Waals surface area contributed by atoms with Gasteiger partial charge >= 0.3 is 0 Å². The van der Waals surface area contributed by atoms with Crippen LogP contribution in [0.4, 0.5) is 5.69 Å². The Kier molecular flexibility index (Phi) is 2.13. The van der Waals surface area contributed by atoms with E-state index in [1.165, 1.54) is 11.1 Å². The SMILES string of the molecule is COc1ccc2c3c1CCCC(=O)N3CC2. The number of methoxy groups -OCH3 is 1. The molecule has 1 amide bonds. The van der Waals surface area contributed by atoms with Crippen molar-refractivity contribution in [2.24, 2.45) is 0 Å². The molecule has 0 bridgehead atoms. The topological polar surface area (TPSA) is 29.5 Å². The molecule has 0 unspecified atom stereocenters. The normalized spacial score (nSPS) is 18.3. The molecule has 1 aromatic carbocycles. The first-order valence-electron chi connectivity index (χ1n) is 5.80. The quantitative estimate of drug-likeness (QED) is 0.719. The Labute approximate surface area is 95.0 Å². The lowest BCUT2D eigenvalue weighted by molar-refractivity contribution is -0.118. The highest BCUT2D eigenvalue weighted by Gasteiger charge is 2.30. The van der Waals surface area contributed by atoms with E-state index in [-0.39, 0.29) is 5.91 Å². The lowest BCUT2D eigenvalue weighted by Crippen LogP contribution is -2.27. The van der Waals surface area contributed by atoms with Gasteiger partial charge in [-0.05, 0) is 30.9 Å². The molecule has 3 rings (SSSR count). The molecule has 3 nitrogen and oxygen atoms in total. The zero-order chi connectivity index (χ0) is 11.1. The van der Waals surface area contributed by atoms with E-state index in [1.54, 1.807) is 7.11 Å². The highest BCUT2D eigenvalue weighted by atomic mass is 16.5. The van der Waals surface area contributed by atoms with Crippen LogP contribution < -0.4 is 9.64 Å². The van der Waals surface area contributed by atoms with E-state index in [2.05, 4.69) is 6.07 Å². The summed E-state index contributed by atoms with van der Waals surface area (Å²) >= 11 is 0. The molecule has 0 atom stereocenters. The Morgan fingerprint density at radius 1 is 1.25 bits per heavy atom. The first-order chi connectivity index (χ1) is 7.81. The summed E-state index contributed by atoms with van der Waals surface area (Å²) in [6.07, 6.45) is 3.53. The number of ether oxygens (including phenoxy) is 1. The smallest absolute Gasteiger partial charge is 0.227 e. The van der Waals surface area contributed by atoms with Crippen molar-refractivity contribution < 1.29 is 9.53 Å². The summed E-state index contributed by atoms with van der Waals surface area (Å²) in [5, 5.41) is 0. The van der Waals surface area contributed by atoms with Crippen LogP contribution in [-0.2, 0) is 17.6 Å². The summed E-state index contributed by atoms with van der Waals surface area (Å²) in [6.45, 7) is 0.842. The number of anilines is 1. The minimum absolute atomic E-state index is 0.269. The van der Waals surface area contributed by atoms with Crippen molar-refractivity contribution in [2.45, 2.75) is 25.7 Å². The van der Waals surface area contributed by atoms with Crippen molar-refractivity contribution in [3.8, 4) is 5.75 Å². The molecule has 2 aliphatic heterocycles. The number of carbonyl (C=O) groups excluding carboxylic acids is 1. The van der Waals surface area contributed by atoms with Crippen LogP contribution in [0.1, 0.15) is 24.0 Å². The van der Waals surface area contributed by atoms with Gasteiger partial charge in [-0.3, -0.25) is 4.79 Å². The van der Waals surface area contributed by atoms with Crippen LogP contribution in [0.15, 0.2) is 12.1 Å². The molecule has 84 valence electrons. The Bertz CT molecular complexity index is 453. The first-order valence-corrected chi connectivity index (χ1v) is 5.80. The maximum atomic E-state index is 11.9. The van der Waals surface area contributed by atoms with Crippen LogP contribution in [0, 0.1) is 0 Å². The zero-order valence-corrected chi connectivity index (χ0v) is 9.45. The highest BCUT2D eigenvalue weighted by Crippen LogP contribution is 2.40. The van der Waals surface area contributed by atoms with Crippen molar-refractivity contribution in [2.75, 3.05) is 18.6 Å². The fraction of sp³-hybridized carbons (Fsp3) is 0.462. The average molecular weight is 217 g/mol. The van der Waals surface area contributed by atoms with Gasteiger partial charge in [0.1, 0.15) is 5.75 Å². The molecule has 3 heteroatoms. The summed E-state index contributed by atoms with van der Waals surface area (Å²) in [5.41, 5.74) is 3.66. The van der Waals surface area contributed by atoms with Gasteiger partial charge in [0.05, 0.1) is 12.8 Å². The summed E-state index contributed by atoms with van der Waals surface area (Å²) in [5.74, 6) is 1.20. The van der Waals surface area contributed by atoms with Crippen LogP contribution >= 0.6 is 0 Å².